The van der Waals surface area contributed by atoms with Gasteiger partial charge in [-0.2, -0.15) is 0 Å². The smallest absolute Gasteiger partial charge is 0.462 e. The Balaban J connectivity index is 4.06. The highest BCUT2D eigenvalue weighted by atomic mass is 31.2. The van der Waals surface area contributed by atoms with Crippen LogP contribution in [0.1, 0.15) is 309 Å². The van der Waals surface area contributed by atoms with Crippen LogP contribution in [0, 0.1) is 0 Å². The second-order valence-corrected chi connectivity index (χ2v) is 28.4. The molecule has 0 aliphatic rings. The lowest BCUT2D eigenvalue weighted by Crippen LogP contribution is -2.37. The average Bonchev–Trinajstić information content (AvgIpc) is 1.23. The Morgan fingerprint density at radius 3 is 0.816 bits per heavy atom. The van der Waals surface area contributed by atoms with Gasteiger partial charge in [0.05, 0.1) is 27.7 Å². The number of carbonyl (C=O) groups excluding carboxylic acids is 2. The lowest BCUT2D eigenvalue weighted by Gasteiger charge is -2.24. The number of ether oxygens (including phenoxy) is 2. The molecule has 10 heteroatoms. The van der Waals surface area contributed by atoms with Gasteiger partial charge in [-0.1, -0.05) is 344 Å². The predicted molar refractivity (Wildman–Crippen MR) is 426 cm³/mol. The molecule has 0 aliphatic carbocycles. The van der Waals surface area contributed by atoms with Crippen molar-refractivity contribution in [1.82, 2.24) is 0 Å². The molecule has 0 aromatic rings. The third-order valence-electron chi connectivity index (χ3n) is 16.4. The number of hydrogen-bond acceptors (Lipinski definition) is 7. The van der Waals surface area contributed by atoms with Crippen LogP contribution >= 0.6 is 7.82 Å². The van der Waals surface area contributed by atoms with Crippen LogP contribution < -0.4 is 0 Å². The molecule has 0 fully saturated rings. The quantitative estimate of drug-likeness (QED) is 0.0211. The van der Waals surface area contributed by atoms with Crippen molar-refractivity contribution in [2.45, 2.75) is 315 Å². The van der Waals surface area contributed by atoms with Crippen molar-refractivity contribution in [3.05, 3.63) is 182 Å². The standard InChI is InChI=1S/C88H146NO8P/c1-6-8-10-12-14-16-18-20-22-24-26-28-30-32-34-36-38-40-42-43-44-45-47-49-51-53-55-57-59-61-63-65-67-69-71-73-75-77-79-81-88(91)97-86(85-96-98(92,93)95-83-82-89(3,4)5)84-94-87(90)80-78-76-74-72-70-68-66-64-62-60-58-56-54-52-50-48-46-41-39-37-35-33-31-29-27-25-23-21-19-17-15-13-11-9-7-2/h8-11,14-17,20-23,26-29,32-35,38,40,43-44,47,49,53,55,59,61,86H,6-7,12-13,18-19,24-25,30-31,36-37,39,41-42,45-46,48,50-52,54,56-58,60,62-85H2,1-5H3/p+1/b10-8-,11-9-,16-14-,17-15-,22-20-,23-21-,28-26-,29-27-,34-32-,35-33-,40-38-,44-43-,49-47-,55-53-,61-59-. The molecular formula is C88H147NO8P+. The molecule has 0 saturated heterocycles. The molecule has 98 heavy (non-hydrogen) atoms. The maximum Gasteiger partial charge on any atom is 0.472 e. The van der Waals surface area contributed by atoms with Crippen molar-refractivity contribution in [2.75, 3.05) is 47.5 Å². The number of rotatable bonds is 71. The molecule has 0 aliphatic heterocycles. The number of likely N-dealkylation sites (N-methyl/N-ethyl adjacent to an activating group) is 1. The zero-order chi connectivity index (χ0) is 71.1. The first-order valence-corrected chi connectivity index (χ1v) is 41.0. The summed E-state index contributed by atoms with van der Waals surface area (Å²) in [7, 11) is 1.46. The maximum atomic E-state index is 12.9. The van der Waals surface area contributed by atoms with Crippen molar-refractivity contribution in [2.24, 2.45) is 0 Å². The van der Waals surface area contributed by atoms with Crippen molar-refractivity contribution in [3.63, 3.8) is 0 Å². The Kier molecular flexibility index (Phi) is 72.5. The molecule has 556 valence electrons. The van der Waals surface area contributed by atoms with E-state index in [0.29, 0.717) is 17.4 Å². The topological polar surface area (TPSA) is 108 Å². The van der Waals surface area contributed by atoms with E-state index in [1.807, 2.05) is 21.1 Å². The Bertz CT molecular complexity index is 2320. The Labute approximate surface area is 603 Å². The molecule has 0 saturated carbocycles. The fraction of sp³-hybridized carbons (Fsp3) is 0.636. The minimum atomic E-state index is -4.41. The van der Waals surface area contributed by atoms with E-state index in [1.54, 1.807) is 0 Å². The van der Waals surface area contributed by atoms with Gasteiger partial charge in [0, 0.05) is 12.8 Å². The molecule has 0 radical (unpaired) electrons. The van der Waals surface area contributed by atoms with E-state index in [9.17, 15) is 19.0 Å². The highest BCUT2D eigenvalue weighted by molar-refractivity contribution is 7.47. The molecular weight excluding hydrogens is 1230 g/mol. The van der Waals surface area contributed by atoms with Gasteiger partial charge < -0.3 is 18.9 Å². The summed E-state index contributed by atoms with van der Waals surface area (Å²) in [6, 6.07) is 0. The van der Waals surface area contributed by atoms with E-state index < -0.39 is 26.5 Å². The second-order valence-electron chi connectivity index (χ2n) is 27.0. The zero-order valence-corrected chi connectivity index (χ0v) is 64.3. The van der Waals surface area contributed by atoms with E-state index in [-0.39, 0.29) is 32.0 Å². The highest BCUT2D eigenvalue weighted by Gasteiger charge is 2.27. The summed E-state index contributed by atoms with van der Waals surface area (Å²) in [5.41, 5.74) is 0. The molecule has 1 N–H and O–H groups in total. The third-order valence-corrected chi connectivity index (χ3v) is 17.4. The lowest BCUT2D eigenvalue weighted by molar-refractivity contribution is -0.870. The number of carbonyl (C=O) groups is 2. The Hall–Kier alpha value is -4.89. The number of esters is 2. The highest BCUT2D eigenvalue weighted by Crippen LogP contribution is 2.43. The summed E-state index contributed by atoms with van der Waals surface area (Å²) < 4.78 is 34.8. The third kappa shape index (κ3) is 80.1. The number of nitrogens with zero attached hydrogens (tertiary/aromatic N) is 1. The first-order chi connectivity index (χ1) is 48.0. The first kappa shape index (κ1) is 93.1. The number of allylic oxidation sites excluding steroid dienone is 30. The molecule has 9 nitrogen and oxygen atoms in total. The van der Waals surface area contributed by atoms with E-state index in [4.69, 9.17) is 18.5 Å². The first-order valence-electron chi connectivity index (χ1n) is 39.5. The summed E-state index contributed by atoms with van der Waals surface area (Å²) in [5.74, 6) is -0.808. The summed E-state index contributed by atoms with van der Waals surface area (Å²) in [4.78, 5) is 36.0. The van der Waals surface area contributed by atoms with Crippen molar-refractivity contribution in [1.29, 1.82) is 0 Å². The summed E-state index contributed by atoms with van der Waals surface area (Å²) >= 11 is 0. The van der Waals surface area contributed by atoms with Crippen LogP contribution in [0.3, 0.4) is 0 Å². The molecule has 0 rings (SSSR count). The minimum absolute atomic E-state index is 0.0227. The van der Waals surface area contributed by atoms with Crippen LogP contribution in [0.2, 0.25) is 0 Å². The van der Waals surface area contributed by atoms with Gasteiger partial charge in [-0.05, 0) is 135 Å². The van der Waals surface area contributed by atoms with Gasteiger partial charge in [-0.3, -0.25) is 18.6 Å². The van der Waals surface area contributed by atoms with Crippen LogP contribution in [0.5, 0.6) is 0 Å². The van der Waals surface area contributed by atoms with Gasteiger partial charge in [0.25, 0.3) is 0 Å². The number of quaternary nitrogens is 1. The van der Waals surface area contributed by atoms with Crippen LogP contribution in [0.15, 0.2) is 182 Å². The van der Waals surface area contributed by atoms with Crippen LogP contribution in [0.4, 0.5) is 0 Å². The van der Waals surface area contributed by atoms with Crippen molar-refractivity contribution in [3.8, 4) is 0 Å². The van der Waals surface area contributed by atoms with E-state index >= 15 is 0 Å². The number of hydrogen-bond donors (Lipinski definition) is 1. The van der Waals surface area contributed by atoms with Crippen molar-refractivity contribution >= 4 is 19.8 Å². The van der Waals surface area contributed by atoms with Gasteiger partial charge in [0.15, 0.2) is 6.10 Å². The monoisotopic (exact) mass is 1380 g/mol. The van der Waals surface area contributed by atoms with Gasteiger partial charge in [0.2, 0.25) is 0 Å². The molecule has 0 bridgehead atoms. The summed E-state index contributed by atoms with van der Waals surface area (Å²) in [6.07, 6.45) is 117. The fourth-order valence-electron chi connectivity index (χ4n) is 10.5. The molecule has 2 unspecified atom stereocenters. The summed E-state index contributed by atoms with van der Waals surface area (Å²) in [5, 5.41) is 0. The Morgan fingerprint density at radius 1 is 0.316 bits per heavy atom. The number of phosphoric ester groups is 1. The number of unbranched alkanes of at least 4 members (excludes halogenated alkanes) is 27. The molecule has 0 aromatic heterocycles. The predicted octanol–water partition coefficient (Wildman–Crippen LogP) is 26.6. The molecule has 0 amide bonds. The van der Waals surface area contributed by atoms with Crippen molar-refractivity contribution < 1.29 is 42.1 Å². The van der Waals surface area contributed by atoms with E-state index in [0.717, 1.165) is 141 Å². The molecule has 2 atom stereocenters. The van der Waals surface area contributed by atoms with Gasteiger partial charge in [-0.25, -0.2) is 4.57 Å². The van der Waals surface area contributed by atoms with E-state index in [2.05, 4.69) is 196 Å². The van der Waals surface area contributed by atoms with Gasteiger partial charge in [-0.15, -0.1) is 0 Å². The van der Waals surface area contributed by atoms with Crippen LogP contribution in [0.25, 0.3) is 0 Å². The zero-order valence-electron chi connectivity index (χ0n) is 63.5. The minimum Gasteiger partial charge on any atom is -0.462 e. The van der Waals surface area contributed by atoms with Gasteiger partial charge in [0.1, 0.15) is 19.8 Å². The largest absolute Gasteiger partial charge is 0.472 e. The summed E-state index contributed by atoms with van der Waals surface area (Å²) in [6.45, 7) is 4.20. The van der Waals surface area contributed by atoms with Gasteiger partial charge >= 0.3 is 19.8 Å². The second kappa shape index (κ2) is 76.3. The fourth-order valence-corrected chi connectivity index (χ4v) is 11.2. The molecule has 0 aromatic carbocycles. The molecule has 0 spiro atoms. The van der Waals surface area contributed by atoms with E-state index in [1.165, 1.54) is 135 Å². The van der Waals surface area contributed by atoms with Crippen LogP contribution in [-0.4, -0.2) is 74.9 Å². The lowest BCUT2D eigenvalue weighted by atomic mass is 10.0. The average molecular weight is 1380 g/mol. The molecule has 0 heterocycles. The normalized spacial score (nSPS) is 14.1. The Morgan fingerprint density at radius 2 is 0.551 bits per heavy atom. The maximum absolute atomic E-state index is 12.9. The number of phosphoric acid groups is 1. The van der Waals surface area contributed by atoms with Crippen LogP contribution in [-0.2, 0) is 32.7 Å². The SMILES string of the molecule is CC/C=C\C/C=C\C/C=C\C/C=C\C/C=C\C/C=C\C/C=C\C/C=C\C/C=C\C/C=C\CCCCCCCCCCC(=O)OC(COC(=O)CCCCCCCCCCCCCCCCCCCCC/C=C\C/C=C\C/C=C\C/C=C\C/C=C\CC)COP(=O)(O)OCC[N+](C)(C)C.